The highest BCUT2D eigenvalue weighted by molar-refractivity contribution is 7.79. The first-order valence-electron chi connectivity index (χ1n) is 11.5. The molecule has 3 aromatic rings. The smallest absolute Gasteiger partial charge is 0.256 e. The van der Waals surface area contributed by atoms with Gasteiger partial charge in [-0.1, -0.05) is 18.9 Å². The monoisotopic (exact) mass is 466 g/mol. The lowest BCUT2D eigenvalue weighted by Gasteiger charge is -2.35. The Balaban J connectivity index is 1.72. The molecule has 7 nitrogen and oxygen atoms in total. The van der Waals surface area contributed by atoms with Crippen molar-refractivity contribution in [3.05, 3.63) is 40.5 Å². The normalized spacial score (nSPS) is 17.0. The number of aldehydes is 1. The molecule has 0 N–H and O–H groups in total. The first kappa shape index (κ1) is 22.3. The average molecular weight is 467 g/mol. The van der Waals surface area contributed by atoms with Gasteiger partial charge in [-0.05, 0) is 49.6 Å². The zero-order valence-electron chi connectivity index (χ0n) is 19.4. The molecule has 2 aromatic carbocycles. The second-order valence-corrected chi connectivity index (χ2v) is 9.57. The minimum atomic E-state index is -0.137. The molecule has 33 heavy (non-hydrogen) atoms. The maximum Gasteiger partial charge on any atom is 0.256 e. The molecule has 0 bridgehead atoms. The van der Waals surface area contributed by atoms with E-state index in [0.717, 1.165) is 84.7 Å². The van der Waals surface area contributed by atoms with Gasteiger partial charge in [0.2, 0.25) is 0 Å². The van der Waals surface area contributed by atoms with Crippen LogP contribution in [0, 0.1) is 0 Å². The summed E-state index contributed by atoms with van der Waals surface area (Å²) in [6.45, 7) is 4.32. The number of carbonyl (C=O) groups is 2. The van der Waals surface area contributed by atoms with Crippen LogP contribution < -0.4 is 4.74 Å². The van der Waals surface area contributed by atoms with Crippen molar-refractivity contribution in [2.24, 2.45) is 0 Å². The summed E-state index contributed by atoms with van der Waals surface area (Å²) in [6.07, 6.45) is 3.51. The van der Waals surface area contributed by atoms with E-state index in [9.17, 15) is 9.59 Å². The van der Waals surface area contributed by atoms with Gasteiger partial charge in [0.25, 0.3) is 5.91 Å². The number of likely N-dealkylation sites (N-methyl/N-ethyl adjacent to an activating group) is 1. The van der Waals surface area contributed by atoms with E-state index in [4.69, 9.17) is 17.6 Å². The molecular formula is C25H30N4O3S. The fourth-order valence-electron chi connectivity index (χ4n) is 5.47. The lowest BCUT2D eigenvalue weighted by Crippen LogP contribution is -2.49. The molecule has 0 spiro atoms. The highest BCUT2D eigenvalue weighted by Crippen LogP contribution is 2.44. The molecule has 1 aliphatic heterocycles. The number of fused-ring (bicyclic) bond motifs is 5. The maximum absolute atomic E-state index is 14.0. The number of ether oxygens (including phenoxy) is 1. The van der Waals surface area contributed by atoms with Crippen molar-refractivity contribution in [1.82, 2.24) is 18.7 Å². The molecule has 2 aliphatic rings. The minimum Gasteiger partial charge on any atom is -0.496 e. The van der Waals surface area contributed by atoms with Crippen LogP contribution >= 0.6 is 12.8 Å². The van der Waals surface area contributed by atoms with Crippen molar-refractivity contribution in [3.63, 3.8) is 0 Å². The Kier molecular flexibility index (Phi) is 5.84. The third-order valence-electron chi connectivity index (χ3n) is 7.19. The predicted molar refractivity (Wildman–Crippen MR) is 134 cm³/mol. The summed E-state index contributed by atoms with van der Waals surface area (Å²) in [5, 5.41) is 1.61. The Bertz CT molecular complexity index is 1260. The van der Waals surface area contributed by atoms with Gasteiger partial charge in [-0.2, -0.15) is 0 Å². The predicted octanol–water partition coefficient (Wildman–Crippen LogP) is 3.07. The summed E-state index contributed by atoms with van der Waals surface area (Å²) >= 11 is 4.83. The zero-order chi connectivity index (χ0) is 23.3. The zero-order valence-corrected chi connectivity index (χ0v) is 20.3. The molecule has 8 heteroatoms. The van der Waals surface area contributed by atoms with Gasteiger partial charge in [0.05, 0.1) is 35.8 Å². The van der Waals surface area contributed by atoms with E-state index in [0.29, 0.717) is 23.5 Å². The van der Waals surface area contributed by atoms with E-state index in [1.54, 1.807) is 12.0 Å². The molecule has 1 fully saturated rings. The number of methoxy groups -OCH3 is 1. The van der Waals surface area contributed by atoms with Crippen LogP contribution in [0.15, 0.2) is 18.2 Å². The molecule has 5 rings (SSSR count). The van der Waals surface area contributed by atoms with E-state index in [-0.39, 0.29) is 5.91 Å². The van der Waals surface area contributed by atoms with Crippen LogP contribution in [0.1, 0.15) is 38.3 Å². The van der Waals surface area contributed by atoms with Crippen LogP contribution in [0.2, 0.25) is 0 Å². The molecule has 1 aromatic heterocycles. The number of thiol groups is 1. The third kappa shape index (κ3) is 3.52. The van der Waals surface area contributed by atoms with Gasteiger partial charge in [0, 0.05) is 44.2 Å². The van der Waals surface area contributed by atoms with Crippen molar-refractivity contribution >= 4 is 46.8 Å². The quantitative estimate of drug-likeness (QED) is 0.463. The van der Waals surface area contributed by atoms with Gasteiger partial charge in [0.15, 0.2) is 6.29 Å². The number of aromatic nitrogens is 1. The van der Waals surface area contributed by atoms with Crippen LogP contribution in [-0.4, -0.2) is 84.9 Å². The number of carbonyl (C=O) groups excluding carboxylic acids is 2. The Morgan fingerprint density at radius 3 is 2.58 bits per heavy atom. The third-order valence-corrected chi connectivity index (χ3v) is 7.60. The summed E-state index contributed by atoms with van der Waals surface area (Å²) in [5.74, 6) is 0.540. The number of piperazine rings is 1. The fraction of sp³-hybridized carbons (Fsp3) is 0.440. The molecule has 1 aliphatic carbocycles. The summed E-state index contributed by atoms with van der Waals surface area (Å²) in [5.41, 5.74) is 4.91. The first-order chi connectivity index (χ1) is 16.0. The summed E-state index contributed by atoms with van der Waals surface area (Å²) < 4.78 is 7.56. The number of aryl methyl sites for hydroxylation is 1. The van der Waals surface area contributed by atoms with Gasteiger partial charge < -0.3 is 14.5 Å². The molecular weight excluding hydrogens is 436 g/mol. The van der Waals surface area contributed by atoms with Crippen LogP contribution in [0.4, 0.5) is 0 Å². The van der Waals surface area contributed by atoms with Gasteiger partial charge in [-0.25, -0.2) is 0 Å². The van der Waals surface area contributed by atoms with E-state index < -0.39 is 0 Å². The van der Waals surface area contributed by atoms with E-state index in [1.165, 1.54) is 0 Å². The molecule has 1 saturated heterocycles. The fourth-order valence-corrected chi connectivity index (χ4v) is 5.86. The molecule has 0 saturated carbocycles. The SMILES string of the molecule is COc1cccc2c1c1c(C(=O)N(C)CN3CCN(C)CC3)c(C=O)c3c(c1n2S)CCC3. The largest absolute Gasteiger partial charge is 0.496 e. The molecule has 0 unspecified atom stereocenters. The number of hydrogen-bond acceptors (Lipinski definition) is 6. The Morgan fingerprint density at radius 2 is 1.88 bits per heavy atom. The molecule has 0 atom stereocenters. The van der Waals surface area contributed by atoms with Crippen molar-refractivity contribution in [2.75, 3.05) is 54.1 Å². The summed E-state index contributed by atoms with van der Waals surface area (Å²) in [7, 11) is 5.57. The van der Waals surface area contributed by atoms with Gasteiger partial charge in [0.1, 0.15) is 5.75 Å². The number of amides is 1. The molecule has 2 heterocycles. The van der Waals surface area contributed by atoms with Gasteiger partial charge in [-0.15, -0.1) is 0 Å². The Hall–Kier alpha value is -2.55. The summed E-state index contributed by atoms with van der Waals surface area (Å²) in [6, 6.07) is 5.80. The lowest BCUT2D eigenvalue weighted by molar-refractivity contribution is 0.0601. The van der Waals surface area contributed by atoms with Crippen LogP contribution in [0.5, 0.6) is 5.75 Å². The number of benzene rings is 2. The Labute approximate surface area is 199 Å². The number of nitrogens with zero attached hydrogens (tertiary/aromatic N) is 4. The van der Waals surface area contributed by atoms with E-state index >= 15 is 0 Å². The van der Waals surface area contributed by atoms with E-state index in [1.807, 2.05) is 29.2 Å². The second-order valence-electron chi connectivity index (χ2n) is 9.17. The molecule has 0 radical (unpaired) electrons. The number of rotatable bonds is 5. The average Bonchev–Trinajstić information content (AvgIpc) is 3.42. The molecule has 1 amide bonds. The van der Waals surface area contributed by atoms with Crippen molar-refractivity contribution < 1.29 is 14.3 Å². The summed E-state index contributed by atoms with van der Waals surface area (Å²) in [4.78, 5) is 32.7. The van der Waals surface area contributed by atoms with Crippen molar-refractivity contribution in [2.45, 2.75) is 19.3 Å². The lowest BCUT2D eigenvalue weighted by atomic mass is 9.92. The second kappa shape index (κ2) is 8.66. The van der Waals surface area contributed by atoms with Crippen molar-refractivity contribution in [3.8, 4) is 5.75 Å². The first-order valence-corrected chi connectivity index (χ1v) is 11.9. The van der Waals surface area contributed by atoms with E-state index in [2.05, 4.69) is 16.8 Å². The highest BCUT2D eigenvalue weighted by atomic mass is 32.1. The Morgan fingerprint density at radius 1 is 1.15 bits per heavy atom. The van der Waals surface area contributed by atoms with Crippen LogP contribution in [0.3, 0.4) is 0 Å². The highest BCUT2D eigenvalue weighted by Gasteiger charge is 2.32. The van der Waals surface area contributed by atoms with Crippen molar-refractivity contribution in [1.29, 1.82) is 0 Å². The maximum atomic E-state index is 14.0. The topological polar surface area (TPSA) is 58.0 Å². The molecule has 174 valence electrons. The minimum absolute atomic E-state index is 0.137. The number of hydrogen-bond donors (Lipinski definition) is 1. The van der Waals surface area contributed by atoms with Gasteiger partial charge >= 0.3 is 0 Å². The van der Waals surface area contributed by atoms with Crippen LogP contribution in [0.25, 0.3) is 21.8 Å². The van der Waals surface area contributed by atoms with Gasteiger partial charge in [-0.3, -0.25) is 18.5 Å². The standard InChI is InChI=1S/C25H30N4O3S/c1-26-10-12-28(13-11-26)15-27(2)25(31)21-18(14-30)16-6-4-7-17(16)24-23(21)22-19(29(24)33)8-5-9-20(22)32-3/h5,8-9,14,33H,4,6-7,10-13,15H2,1-3H3. The van der Waals surface area contributed by atoms with Crippen LogP contribution in [-0.2, 0) is 12.8 Å².